The summed E-state index contributed by atoms with van der Waals surface area (Å²) in [4.78, 5) is 12.1. The molecule has 0 spiro atoms. The molecule has 4 nitrogen and oxygen atoms in total. The van der Waals surface area contributed by atoms with E-state index in [1.165, 1.54) is 12.7 Å². The molecule has 0 saturated heterocycles. The van der Waals surface area contributed by atoms with Crippen LogP contribution in [0.25, 0.3) is 0 Å². The number of para-hydroxylation sites is 1. The zero-order chi connectivity index (χ0) is 24.9. The summed E-state index contributed by atoms with van der Waals surface area (Å²) in [5, 5.41) is 3.08. The lowest BCUT2D eigenvalue weighted by Crippen LogP contribution is -1.99. The second kappa shape index (κ2) is 30.0. The highest BCUT2D eigenvalue weighted by molar-refractivity contribution is 5.52. The van der Waals surface area contributed by atoms with Crippen LogP contribution in [-0.4, -0.2) is 15.0 Å². The van der Waals surface area contributed by atoms with E-state index < -0.39 is 0 Å². The highest BCUT2D eigenvalue weighted by Gasteiger charge is 1.96. The third kappa shape index (κ3) is 24.8. The first-order chi connectivity index (χ1) is 15.7. The SMILES string of the molecule is CC.CC.CC#CCC.CCC.Cc1ncnc(Nc2ccccc2)n1.c1ccccc1. The molecule has 176 valence electrons. The van der Waals surface area contributed by atoms with Gasteiger partial charge in [0.05, 0.1) is 0 Å². The zero-order valence-corrected chi connectivity index (χ0v) is 21.7. The smallest absolute Gasteiger partial charge is 0.230 e. The van der Waals surface area contributed by atoms with Crippen molar-refractivity contribution in [1.29, 1.82) is 0 Å². The largest absolute Gasteiger partial charge is 0.324 e. The van der Waals surface area contributed by atoms with Gasteiger partial charge in [0.2, 0.25) is 5.95 Å². The van der Waals surface area contributed by atoms with E-state index in [0.29, 0.717) is 11.8 Å². The van der Waals surface area contributed by atoms with Crippen LogP contribution in [0.4, 0.5) is 11.6 Å². The third-order valence-electron chi connectivity index (χ3n) is 2.74. The van der Waals surface area contributed by atoms with Crippen molar-refractivity contribution in [3.8, 4) is 11.8 Å². The molecule has 0 unspecified atom stereocenters. The molecular formula is C28H44N4. The summed E-state index contributed by atoms with van der Waals surface area (Å²) in [6, 6.07) is 21.8. The van der Waals surface area contributed by atoms with E-state index in [2.05, 4.69) is 46.0 Å². The van der Waals surface area contributed by atoms with E-state index in [0.717, 1.165) is 12.1 Å². The van der Waals surface area contributed by atoms with Crippen LogP contribution in [0.15, 0.2) is 73.1 Å². The molecule has 3 aromatic rings. The van der Waals surface area contributed by atoms with E-state index in [4.69, 9.17) is 0 Å². The first kappa shape index (κ1) is 33.4. The highest BCUT2D eigenvalue weighted by atomic mass is 15.1. The maximum atomic E-state index is 4.14. The molecule has 0 fully saturated rings. The van der Waals surface area contributed by atoms with Crippen molar-refractivity contribution in [2.45, 2.75) is 75.2 Å². The van der Waals surface area contributed by atoms with Crippen LogP contribution in [0, 0.1) is 18.8 Å². The summed E-state index contributed by atoms with van der Waals surface area (Å²) < 4.78 is 0. The Hall–Kier alpha value is -3.19. The van der Waals surface area contributed by atoms with Gasteiger partial charge in [-0.3, -0.25) is 0 Å². The van der Waals surface area contributed by atoms with Crippen LogP contribution in [0.2, 0.25) is 0 Å². The predicted molar refractivity (Wildman–Crippen MR) is 143 cm³/mol. The van der Waals surface area contributed by atoms with Gasteiger partial charge in [0.1, 0.15) is 12.2 Å². The Morgan fingerprint density at radius 3 is 1.53 bits per heavy atom. The Bertz CT molecular complexity index is 737. The lowest BCUT2D eigenvalue weighted by molar-refractivity contribution is 0.982. The van der Waals surface area contributed by atoms with Crippen molar-refractivity contribution in [1.82, 2.24) is 15.0 Å². The molecule has 0 aliphatic carbocycles. The molecule has 0 bridgehead atoms. The molecular weight excluding hydrogens is 392 g/mol. The molecule has 0 aliphatic heterocycles. The van der Waals surface area contributed by atoms with Crippen molar-refractivity contribution < 1.29 is 0 Å². The van der Waals surface area contributed by atoms with Gasteiger partial charge in [0.15, 0.2) is 0 Å². The van der Waals surface area contributed by atoms with Gasteiger partial charge in [-0.1, -0.05) is 109 Å². The van der Waals surface area contributed by atoms with Crippen molar-refractivity contribution >= 4 is 11.6 Å². The van der Waals surface area contributed by atoms with E-state index in [9.17, 15) is 0 Å². The lowest BCUT2D eigenvalue weighted by atomic mass is 10.3. The number of nitrogens with zero attached hydrogens (tertiary/aromatic N) is 3. The molecule has 1 N–H and O–H groups in total. The number of hydrogen-bond acceptors (Lipinski definition) is 4. The molecule has 32 heavy (non-hydrogen) atoms. The Morgan fingerprint density at radius 2 is 1.19 bits per heavy atom. The number of benzene rings is 2. The Morgan fingerprint density at radius 1 is 0.750 bits per heavy atom. The van der Waals surface area contributed by atoms with Crippen LogP contribution >= 0.6 is 0 Å². The van der Waals surface area contributed by atoms with E-state index in [1.54, 1.807) is 0 Å². The van der Waals surface area contributed by atoms with Gasteiger partial charge in [-0.05, 0) is 26.0 Å². The Kier molecular flexibility index (Phi) is 31.4. The van der Waals surface area contributed by atoms with Crippen molar-refractivity contribution in [3.63, 3.8) is 0 Å². The van der Waals surface area contributed by atoms with Crippen LogP contribution in [0.5, 0.6) is 0 Å². The summed E-state index contributed by atoms with van der Waals surface area (Å²) in [6.07, 6.45) is 3.73. The summed E-state index contributed by atoms with van der Waals surface area (Å²) >= 11 is 0. The van der Waals surface area contributed by atoms with E-state index in [-0.39, 0.29) is 0 Å². The number of nitrogens with one attached hydrogen (secondary N) is 1. The second-order valence-electron chi connectivity index (χ2n) is 5.49. The molecule has 0 aliphatic rings. The molecule has 3 rings (SSSR count). The maximum absolute atomic E-state index is 4.14. The summed E-state index contributed by atoms with van der Waals surface area (Å²) in [7, 11) is 0. The fourth-order valence-electron chi connectivity index (χ4n) is 1.65. The summed E-state index contributed by atoms with van der Waals surface area (Å²) in [5.74, 6) is 6.91. The standard InChI is InChI=1S/C10H10N4.C6H6.C5H8.C3H8.2C2H6/c1-8-11-7-12-10(13-8)14-9-5-3-2-4-6-9;1-2-4-6-5-3-1;1-3-5-4-2;1-3-2;2*1-2/h2-7H,1H3,(H,11,12,13,14);1-6H;3H2,1-2H3;3H2,1-2H3;2*1-2H3. The molecule has 4 heteroatoms. The zero-order valence-electron chi connectivity index (χ0n) is 21.7. The average molecular weight is 437 g/mol. The minimum atomic E-state index is 0.573. The molecule has 1 heterocycles. The minimum Gasteiger partial charge on any atom is -0.324 e. The van der Waals surface area contributed by atoms with Crippen LogP contribution < -0.4 is 5.32 Å². The van der Waals surface area contributed by atoms with Gasteiger partial charge in [-0.25, -0.2) is 9.97 Å². The monoisotopic (exact) mass is 436 g/mol. The Balaban J connectivity index is -0.000000391. The van der Waals surface area contributed by atoms with Crippen LogP contribution in [0.1, 0.15) is 74.1 Å². The van der Waals surface area contributed by atoms with Gasteiger partial charge in [0, 0.05) is 12.1 Å². The quantitative estimate of drug-likeness (QED) is 0.409. The predicted octanol–water partition coefficient (Wildman–Crippen LogP) is 8.50. The fraction of sp³-hybridized carbons (Fsp3) is 0.393. The normalized spacial score (nSPS) is 7.53. The maximum Gasteiger partial charge on any atom is 0.230 e. The molecule has 2 aromatic carbocycles. The number of rotatable bonds is 2. The third-order valence-corrected chi connectivity index (χ3v) is 2.74. The summed E-state index contributed by atoms with van der Waals surface area (Å²) in [5.41, 5.74) is 0.970. The minimum absolute atomic E-state index is 0.573. The molecule has 1 aromatic heterocycles. The fourth-order valence-corrected chi connectivity index (χ4v) is 1.65. The van der Waals surface area contributed by atoms with Crippen molar-refractivity contribution in [3.05, 3.63) is 78.9 Å². The Labute approximate surface area is 198 Å². The molecule has 0 radical (unpaired) electrons. The molecule has 0 saturated carbocycles. The first-order valence-corrected chi connectivity index (χ1v) is 11.5. The van der Waals surface area contributed by atoms with E-state index >= 15 is 0 Å². The molecule has 0 atom stereocenters. The lowest BCUT2D eigenvalue weighted by Gasteiger charge is -2.03. The van der Waals surface area contributed by atoms with Gasteiger partial charge in [-0.2, -0.15) is 4.98 Å². The van der Waals surface area contributed by atoms with E-state index in [1.807, 2.05) is 115 Å². The summed E-state index contributed by atoms with van der Waals surface area (Å²) in [6.45, 7) is 18.0. The number of anilines is 2. The van der Waals surface area contributed by atoms with Gasteiger partial charge in [0.25, 0.3) is 0 Å². The topological polar surface area (TPSA) is 50.7 Å². The molecule has 0 amide bonds. The van der Waals surface area contributed by atoms with Gasteiger partial charge < -0.3 is 5.32 Å². The number of aryl methyl sites for hydroxylation is 1. The highest BCUT2D eigenvalue weighted by Crippen LogP contribution is 2.10. The van der Waals surface area contributed by atoms with Crippen LogP contribution in [0.3, 0.4) is 0 Å². The first-order valence-electron chi connectivity index (χ1n) is 11.5. The number of hydrogen-bond donors (Lipinski definition) is 1. The van der Waals surface area contributed by atoms with Gasteiger partial charge >= 0.3 is 0 Å². The average Bonchev–Trinajstić information content (AvgIpc) is 2.85. The number of aromatic nitrogens is 3. The van der Waals surface area contributed by atoms with Crippen LogP contribution in [-0.2, 0) is 0 Å². The van der Waals surface area contributed by atoms with Crippen molar-refractivity contribution in [2.24, 2.45) is 0 Å². The van der Waals surface area contributed by atoms with Gasteiger partial charge in [-0.15, -0.1) is 11.8 Å². The second-order valence-corrected chi connectivity index (χ2v) is 5.49. The van der Waals surface area contributed by atoms with Crippen molar-refractivity contribution in [2.75, 3.05) is 5.32 Å².